The zero-order valence-corrected chi connectivity index (χ0v) is 14.3. The van der Waals surface area contributed by atoms with Gasteiger partial charge in [0.25, 0.3) is 0 Å². The summed E-state index contributed by atoms with van der Waals surface area (Å²) in [6.07, 6.45) is 1.94. The van der Waals surface area contributed by atoms with Gasteiger partial charge in [-0.05, 0) is 0 Å². The van der Waals surface area contributed by atoms with E-state index in [-0.39, 0.29) is 29.6 Å². The SMILES string of the molecule is C[NH+](N)Sc1nn2cc(-c3ccccc3)nc2s1.[Na+]. The van der Waals surface area contributed by atoms with Crippen LogP contribution in [0.15, 0.2) is 40.9 Å². The molecule has 2 heterocycles. The van der Waals surface area contributed by atoms with Crippen molar-refractivity contribution in [1.82, 2.24) is 14.6 Å². The van der Waals surface area contributed by atoms with E-state index in [0.29, 0.717) is 0 Å². The van der Waals surface area contributed by atoms with Crippen molar-refractivity contribution in [2.45, 2.75) is 4.34 Å². The topological polar surface area (TPSA) is 60.7 Å². The average molecular weight is 301 g/mol. The smallest absolute Gasteiger partial charge is 0.217 e. The molecular weight excluding hydrogens is 289 g/mol. The van der Waals surface area contributed by atoms with Crippen LogP contribution >= 0.6 is 23.3 Å². The molecule has 3 N–H and O–H groups in total. The molecular formula is C11H12N5NaS2+2. The summed E-state index contributed by atoms with van der Waals surface area (Å²) in [7, 11) is 1.87. The second-order valence-corrected chi connectivity index (χ2v) is 6.25. The van der Waals surface area contributed by atoms with Crippen molar-refractivity contribution in [3.8, 4) is 11.3 Å². The van der Waals surface area contributed by atoms with Gasteiger partial charge in [-0.15, -0.1) is 5.10 Å². The van der Waals surface area contributed by atoms with Crippen molar-refractivity contribution in [1.29, 1.82) is 0 Å². The zero-order valence-electron chi connectivity index (χ0n) is 10.7. The fourth-order valence-corrected chi connectivity index (χ4v) is 3.41. The Hall–Kier alpha value is -0.410. The van der Waals surface area contributed by atoms with Crippen LogP contribution in [0.2, 0.25) is 0 Å². The monoisotopic (exact) mass is 301 g/mol. The molecule has 0 aliphatic heterocycles. The van der Waals surface area contributed by atoms with Gasteiger partial charge in [-0.3, -0.25) is 0 Å². The molecule has 0 saturated heterocycles. The van der Waals surface area contributed by atoms with Gasteiger partial charge < -0.3 is 0 Å². The molecule has 3 rings (SSSR count). The van der Waals surface area contributed by atoms with Crippen molar-refractivity contribution in [2.24, 2.45) is 5.84 Å². The van der Waals surface area contributed by atoms with Crippen LogP contribution in [0.5, 0.6) is 0 Å². The molecule has 0 saturated carbocycles. The summed E-state index contributed by atoms with van der Waals surface area (Å²) in [5.41, 5.74) is 2.05. The molecule has 0 aliphatic carbocycles. The molecule has 0 aliphatic rings. The number of fused-ring (bicyclic) bond motifs is 1. The molecule has 0 radical (unpaired) electrons. The molecule has 0 spiro atoms. The van der Waals surface area contributed by atoms with Crippen molar-refractivity contribution in [3.63, 3.8) is 0 Å². The number of aromatic nitrogens is 3. The molecule has 19 heavy (non-hydrogen) atoms. The standard InChI is InChI=1S/C11H11N5S2.Na/c1-15(12)18-11-14-16-7-9(13-10(16)17-11)8-5-3-2-4-6-8;/h2-7H,12H2,1H3;/q;+1/p+1. The van der Waals surface area contributed by atoms with Crippen molar-refractivity contribution < 1.29 is 34.0 Å². The molecule has 0 bridgehead atoms. The Bertz CT molecular complexity index is 633. The Morgan fingerprint density at radius 3 is 2.68 bits per heavy atom. The van der Waals surface area contributed by atoms with Gasteiger partial charge in [0.2, 0.25) is 9.30 Å². The van der Waals surface area contributed by atoms with Gasteiger partial charge in [-0.2, -0.15) is 10.3 Å². The summed E-state index contributed by atoms with van der Waals surface area (Å²) in [6.45, 7) is 0. The summed E-state index contributed by atoms with van der Waals surface area (Å²) in [4.78, 5) is 5.45. The summed E-state index contributed by atoms with van der Waals surface area (Å²) in [6, 6.07) is 10.1. The summed E-state index contributed by atoms with van der Waals surface area (Å²) in [5, 5.41) is 4.43. The molecule has 0 fully saturated rings. The van der Waals surface area contributed by atoms with Crippen LogP contribution in [0.3, 0.4) is 0 Å². The molecule has 1 atom stereocenters. The van der Waals surface area contributed by atoms with Crippen molar-refractivity contribution >= 4 is 28.2 Å². The molecule has 3 aromatic rings. The van der Waals surface area contributed by atoms with Crippen molar-refractivity contribution in [3.05, 3.63) is 36.5 Å². The van der Waals surface area contributed by atoms with Gasteiger partial charge in [0, 0.05) is 5.56 Å². The van der Waals surface area contributed by atoms with E-state index in [4.69, 9.17) is 5.84 Å². The molecule has 0 amide bonds. The van der Waals surface area contributed by atoms with Crippen LogP contribution in [-0.2, 0) is 0 Å². The molecule has 1 aromatic carbocycles. The Morgan fingerprint density at radius 1 is 1.32 bits per heavy atom. The normalized spacial score (nSPS) is 12.3. The maximum absolute atomic E-state index is 5.65. The fourth-order valence-electron chi connectivity index (χ4n) is 1.61. The Kier molecular flexibility index (Phi) is 5.02. The predicted molar refractivity (Wildman–Crippen MR) is 73.2 cm³/mol. The fraction of sp³-hybridized carbons (Fsp3) is 0.0909. The Balaban J connectivity index is 0.00000133. The number of nitrogens with two attached hydrogens (primary N) is 1. The minimum Gasteiger partial charge on any atom is -0.217 e. The second kappa shape index (κ2) is 6.36. The molecule has 2 aromatic heterocycles. The molecule has 1 unspecified atom stereocenters. The van der Waals surface area contributed by atoms with E-state index in [1.54, 1.807) is 15.9 Å². The third-order valence-corrected chi connectivity index (χ3v) is 4.14. The van der Waals surface area contributed by atoms with Crippen LogP contribution in [0.25, 0.3) is 16.2 Å². The van der Waals surface area contributed by atoms with Crippen LogP contribution < -0.4 is 39.8 Å². The first-order valence-corrected chi connectivity index (χ1v) is 7.04. The van der Waals surface area contributed by atoms with E-state index >= 15 is 0 Å². The first-order valence-electron chi connectivity index (χ1n) is 5.41. The number of rotatable bonds is 3. The van der Waals surface area contributed by atoms with Gasteiger partial charge in [0.15, 0.2) is 11.9 Å². The average Bonchev–Trinajstić information content (AvgIpc) is 2.87. The number of nitrogens with one attached hydrogen (secondary N) is 1. The number of benzene rings is 1. The van der Waals surface area contributed by atoms with E-state index in [1.165, 1.54) is 11.9 Å². The number of imidazole rings is 1. The molecule has 92 valence electrons. The van der Waals surface area contributed by atoms with Gasteiger partial charge in [-0.1, -0.05) is 41.7 Å². The summed E-state index contributed by atoms with van der Waals surface area (Å²) in [5.74, 6) is 5.65. The summed E-state index contributed by atoms with van der Waals surface area (Å²) < 4.78 is 3.51. The van der Waals surface area contributed by atoms with Crippen LogP contribution in [0.1, 0.15) is 0 Å². The molecule has 8 heteroatoms. The zero-order chi connectivity index (χ0) is 12.5. The minimum atomic E-state index is 0. The van der Waals surface area contributed by atoms with E-state index in [2.05, 4.69) is 10.1 Å². The van der Waals surface area contributed by atoms with Crippen LogP contribution in [-0.4, -0.2) is 21.6 Å². The van der Waals surface area contributed by atoms with E-state index < -0.39 is 0 Å². The summed E-state index contributed by atoms with van der Waals surface area (Å²) >= 11 is 3.02. The first-order chi connectivity index (χ1) is 8.72. The van der Waals surface area contributed by atoms with Gasteiger partial charge >= 0.3 is 29.6 Å². The quantitative estimate of drug-likeness (QED) is 0.251. The maximum atomic E-state index is 5.65. The maximum Gasteiger partial charge on any atom is 1.00 e. The first kappa shape index (κ1) is 15.0. The number of hydrogen-bond donors (Lipinski definition) is 2. The molecule has 5 nitrogen and oxygen atoms in total. The Labute approximate surface area is 141 Å². The largest absolute Gasteiger partial charge is 1.00 e. The number of nitrogens with zero attached hydrogens (tertiary/aromatic N) is 3. The predicted octanol–water partition coefficient (Wildman–Crippen LogP) is -2.14. The third-order valence-electron chi connectivity index (χ3n) is 2.34. The van der Waals surface area contributed by atoms with Gasteiger partial charge in [0.05, 0.1) is 18.9 Å². The van der Waals surface area contributed by atoms with E-state index in [9.17, 15) is 0 Å². The third kappa shape index (κ3) is 3.38. The number of quaternary nitrogens is 1. The van der Waals surface area contributed by atoms with E-state index in [1.807, 2.05) is 43.6 Å². The minimum absolute atomic E-state index is 0. The van der Waals surface area contributed by atoms with Crippen molar-refractivity contribution in [2.75, 3.05) is 7.05 Å². The van der Waals surface area contributed by atoms with Gasteiger partial charge in [-0.25, -0.2) is 9.50 Å². The number of hydrogen-bond acceptors (Lipinski definition) is 5. The van der Waals surface area contributed by atoms with Crippen LogP contribution in [0, 0.1) is 0 Å². The van der Waals surface area contributed by atoms with E-state index in [0.717, 1.165) is 25.0 Å². The van der Waals surface area contributed by atoms with Crippen LogP contribution in [0.4, 0.5) is 0 Å². The second-order valence-electron chi connectivity index (χ2n) is 3.80. The van der Waals surface area contributed by atoms with Gasteiger partial charge in [0.1, 0.15) is 0 Å². The Morgan fingerprint density at radius 2 is 2.05 bits per heavy atom.